The molecule has 0 fully saturated rings. The molecule has 0 radical (unpaired) electrons. The van der Waals surface area contributed by atoms with E-state index in [9.17, 15) is 4.79 Å². The van der Waals surface area contributed by atoms with Gasteiger partial charge in [0.1, 0.15) is 13.2 Å². The van der Waals surface area contributed by atoms with Gasteiger partial charge in [0.05, 0.1) is 18.0 Å². The van der Waals surface area contributed by atoms with Gasteiger partial charge in [-0.05, 0) is 29.3 Å². The molecule has 0 aliphatic carbocycles. The molecule has 1 aliphatic rings. The second kappa shape index (κ2) is 7.67. The van der Waals surface area contributed by atoms with Gasteiger partial charge in [0.2, 0.25) is 5.91 Å². The smallest absolute Gasteiger partial charge is 0.229 e. The number of carbonyl (C=O) groups excluding carboxylic acids is 1. The Hall–Kier alpha value is -3.06. The zero-order chi connectivity index (χ0) is 18.6. The van der Waals surface area contributed by atoms with E-state index in [0.29, 0.717) is 42.1 Å². The number of pyridine rings is 1. The first-order chi connectivity index (χ1) is 13.2. The van der Waals surface area contributed by atoms with Gasteiger partial charge in [0.25, 0.3) is 0 Å². The summed E-state index contributed by atoms with van der Waals surface area (Å²) in [7, 11) is 0. The lowest BCUT2D eigenvalue weighted by molar-refractivity contribution is -0.115. The van der Waals surface area contributed by atoms with Gasteiger partial charge in [-0.25, -0.2) is 0 Å². The molecule has 0 saturated carbocycles. The number of nitrogens with zero attached hydrogens (tertiary/aromatic N) is 3. The van der Waals surface area contributed by atoms with E-state index in [2.05, 4.69) is 15.4 Å². The molecule has 0 atom stereocenters. The quantitative estimate of drug-likeness (QED) is 0.731. The second-order valence-corrected chi connectivity index (χ2v) is 6.49. The second-order valence-electron chi connectivity index (χ2n) is 6.09. The maximum absolute atomic E-state index is 12.3. The molecule has 3 heterocycles. The van der Waals surface area contributed by atoms with Gasteiger partial charge >= 0.3 is 0 Å². The summed E-state index contributed by atoms with van der Waals surface area (Å²) in [4.78, 5) is 16.4. The highest BCUT2D eigenvalue weighted by atomic mass is 35.5. The average Bonchev–Trinajstić information content (AvgIpc) is 3.09. The Balaban J connectivity index is 1.39. The topological polar surface area (TPSA) is 78.3 Å². The highest BCUT2D eigenvalue weighted by molar-refractivity contribution is 6.32. The summed E-state index contributed by atoms with van der Waals surface area (Å²) in [5.41, 5.74) is 1.78. The van der Waals surface area contributed by atoms with Crippen LogP contribution in [0.5, 0.6) is 11.5 Å². The monoisotopic (exact) mass is 384 g/mol. The Kier molecular flexibility index (Phi) is 4.93. The lowest BCUT2D eigenvalue weighted by atomic mass is 10.1. The molecule has 138 valence electrons. The van der Waals surface area contributed by atoms with Crippen LogP contribution < -0.4 is 14.8 Å². The third-order valence-corrected chi connectivity index (χ3v) is 4.28. The third kappa shape index (κ3) is 4.20. The van der Waals surface area contributed by atoms with E-state index in [1.54, 1.807) is 35.3 Å². The number of ether oxygens (including phenoxy) is 2. The van der Waals surface area contributed by atoms with E-state index in [4.69, 9.17) is 21.1 Å². The molecule has 27 heavy (non-hydrogen) atoms. The first kappa shape index (κ1) is 17.4. The number of hydrogen-bond donors (Lipinski definition) is 1. The van der Waals surface area contributed by atoms with Crippen LogP contribution in [0.3, 0.4) is 0 Å². The number of carbonyl (C=O) groups is 1. The lowest BCUT2D eigenvalue weighted by Crippen LogP contribution is -2.17. The number of nitrogens with one attached hydrogen (secondary N) is 1. The summed E-state index contributed by atoms with van der Waals surface area (Å²) < 4.78 is 12.8. The Bertz CT molecular complexity index is 959. The van der Waals surface area contributed by atoms with Crippen molar-refractivity contribution in [3.05, 3.63) is 65.1 Å². The predicted octanol–water partition coefficient (Wildman–Crippen LogP) is 2.93. The Morgan fingerprint density at radius 1 is 1.22 bits per heavy atom. The van der Waals surface area contributed by atoms with Gasteiger partial charge in [-0.1, -0.05) is 17.7 Å². The first-order valence-corrected chi connectivity index (χ1v) is 8.85. The summed E-state index contributed by atoms with van der Waals surface area (Å²) in [6, 6.07) is 9.10. The van der Waals surface area contributed by atoms with Crippen LogP contribution in [0.4, 0.5) is 5.82 Å². The number of anilines is 1. The van der Waals surface area contributed by atoms with E-state index in [0.717, 1.165) is 11.1 Å². The number of fused-ring (bicyclic) bond motifs is 1. The van der Waals surface area contributed by atoms with E-state index >= 15 is 0 Å². The van der Waals surface area contributed by atoms with Crippen molar-refractivity contribution in [2.75, 3.05) is 18.5 Å². The zero-order valence-electron chi connectivity index (χ0n) is 14.4. The number of rotatable bonds is 5. The molecular formula is C19H17ClN4O3. The molecular weight excluding hydrogens is 368 g/mol. The molecule has 8 heteroatoms. The van der Waals surface area contributed by atoms with Gasteiger partial charge in [-0.2, -0.15) is 5.10 Å². The minimum atomic E-state index is -0.186. The van der Waals surface area contributed by atoms with Crippen molar-refractivity contribution >= 4 is 23.3 Å². The first-order valence-electron chi connectivity index (χ1n) is 8.47. The summed E-state index contributed by atoms with van der Waals surface area (Å²) in [6.07, 6.45) is 5.48. The largest absolute Gasteiger partial charge is 0.486 e. The van der Waals surface area contributed by atoms with Crippen LogP contribution in [0, 0.1) is 0 Å². The van der Waals surface area contributed by atoms with Crippen LogP contribution in [0.2, 0.25) is 5.02 Å². The van der Waals surface area contributed by atoms with Gasteiger partial charge < -0.3 is 14.8 Å². The minimum Gasteiger partial charge on any atom is -0.486 e. The van der Waals surface area contributed by atoms with Crippen LogP contribution in [0.15, 0.2) is 48.9 Å². The predicted molar refractivity (Wildman–Crippen MR) is 100 cm³/mol. The van der Waals surface area contributed by atoms with E-state index in [1.807, 2.05) is 18.3 Å². The Morgan fingerprint density at radius 3 is 2.96 bits per heavy atom. The molecule has 0 spiro atoms. The molecule has 2 aromatic heterocycles. The van der Waals surface area contributed by atoms with E-state index < -0.39 is 0 Å². The number of benzene rings is 1. The van der Waals surface area contributed by atoms with Gasteiger partial charge in [-0.15, -0.1) is 0 Å². The van der Waals surface area contributed by atoms with Crippen molar-refractivity contribution in [2.45, 2.75) is 13.0 Å². The standard InChI is InChI=1S/C19H17ClN4O3/c20-15-8-14(9-16-19(15)27-7-6-26-16)10-18(25)22-17-3-5-24(23-17)12-13-2-1-4-21-11-13/h1-5,8-9,11H,6-7,10,12H2,(H,22,23,25). The minimum absolute atomic E-state index is 0.159. The van der Waals surface area contributed by atoms with Crippen LogP contribution in [0.25, 0.3) is 0 Å². The van der Waals surface area contributed by atoms with Crippen LogP contribution >= 0.6 is 11.6 Å². The highest BCUT2D eigenvalue weighted by Crippen LogP contribution is 2.38. The average molecular weight is 385 g/mol. The molecule has 1 aliphatic heterocycles. The summed E-state index contributed by atoms with van der Waals surface area (Å²) in [6.45, 7) is 1.52. The number of halogens is 1. The van der Waals surface area contributed by atoms with Crippen molar-refractivity contribution in [1.82, 2.24) is 14.8 Å². The SMILES string of the molecule is O=C(Cc1cc(Cl)c2c(c1)OCCO2)Nc1ccn(Cc2cccnc2)n1. The molecule has 0 saturated heterocycles. The fraction of sp³-hybridized carbons (Fsp3) is 0.211. The lowest BCUT2D eigenvalue weighted by Gasteiger charge is -2.20. The number of aromatic nitrogens is 3. The number of hydrogen-bond acceptors (Lipinski definition) is 5. The van der Waals surface area contributed by atoms with Crippen LogP contribution in [-0.2, 0) is 17.8 Å². The summed E-state index contributed by atoms with van der Waals surface area (Å²) >= 11 is 6.21. The van der Waals surface area contributed by atoms with E-state index in [1.165, 1.54) is 0 Å². The molecule has 1 amide bonds. The molecule has 4 rings (SSSR count). The fourth-order valence-electron chi connectivity index (χ4n) is 2.83. The van der Waals surface area contributed by atoms with Crippen LogP contribution in [0.1, 0.15) is 11.1 Å². The van der Waals surface area contributed by atoms with E-state index in [-0.39, 0.29) is 12.3 Å². The molecule has 0 unspecified atom stereocenters. The van der Waals surface area contributed by atoms with Crippen molar-refractivity contribution in [3.63, 3.8) is 0 Å². The van der Waals surface area contributed by atoms with Gasteiger partial charge in [0.15, 0.2) is 17.3 Å². The van der Waals surface area contributed by atoms with Crippen molar-refractivity contribution in [2.24, 2.45) is 0 Å². The maximum Gasteiger partial charge on any atom is 0.229 e. The summed E-state index contributed by atoms with van der Waals surface area (Å²) in [5, 5.41) is 7.60. The van der Waals surface area contributed by atoms with Crippen molar-refractivity contribution in [1.29, 1.82) is 0 Å². The maximum atomic E-state index is 12.3. The zero-order valence-corrected chi connectivity index (χ0v) is 15.1. The molecule has 1 aromatic carbocycles. The normalized spacial score (nSPS) is 12.6. The molecule has 3 aromatic rings. The highest BCUT2D eigenvalue weighted by Gasteiger charge is 2.18. The summed E-state index contributed by atoms with van der Waals surface area (Å²) in [5.74, 6) is 1.40. The van der Waals surface area contributed by atoms with Gasteiger partial charge in [0, 0.05) is 24.7 Å². The van der Waals surface area contributed by atoms with Crippen LogP contribution in [-0.4, -0.2) is 33.9 Å². The molecule has 1 N–H and O–H groups in total. The molecule has 7 nitrogen and oxygen atoms in total. The van der Waals surface area contributed by atoms with Gasteiger partial charge in [-0.3, -0.25) is 14.5 Å². The number of amides is 1. The van der Waals surface area contributed by atoms with Crippen molar-refractivity contribution in [3.8, 4) is 11.5 Å². The Labute approximate surface area is 160 Å². The van der Waals surface area contributed by atoms with Crippen molar-refractivity contribution < 1.29 is 14.3 Å². The molecule has 0 bridgehead atoms. The third-order valence-electron chi connectivity index (χ3n) is 4.00. The Morgan fingerprint density at radius 2 is 2.11 bits per heavy atom. The fourth-order valence-corrected chi connectivity index (χ4v) is 3.12.